The Kier molecular flexibility index (Phi) is 28.8. The van der Waals surface area contributed by atoms with Crippen LogP contribution in [0.1, 0.15) is 220 Å². The Balaban J connectivity index is 2.01. The summed E-state index contributed by atoms with van der Waals surface area (Å²) in [5, 5.41) is 0. The van der Waals surface area contributed by atoms with Gasteiger partial charge in [0.15, 0.2) is 0 Å². The minimum Gasteiger partial charge on any atom is -0.356 e. The molecule has 1 aliphatic heterocycles. The third-order valence-corrected chi connectivity index (χ3v) is 9.57. The SMILES string of the molecule is CCCCCCCCCCCCCCCCCCCN1C=CN(CCCC)C1CCCCCCCCCCCCC. The third-order valence-electron chi connectivity index (χ3n) is 9.57. The van der Waals surface area contributed by atoms with Crippen LogP contribution in [0, 0.1) is 0 Å². The molecule has 1 unspecified atom stereocenters. The molecule has 0 fully saturated rings. The Bertz CT molecular complexity index is 530. The fourth-order valence-electron chi connectivity index (χ4n) is 6.69. The molecule has 0 spiro atoms. The van der Waals surface area contributed by atoms with E-state index in [-0.39, 0.29) is 0 Å². The van der Waals surface area contributed by atoms with E-state index in [9.17, 15) is 0 Å². The van der Waals surface area contributed by atoms with Crippen molar-refractivity contribution >= 4 is 0 Å². The zero-order chi connectivity index (χ0) is 29.5. The monoisotopic (exact) mass is 575 g/mol. The summed E-state index contributed by atoms with van der Waals surface area (Å²) in [5.74, 6) is 0. The van der Waals surface area contributed by atoms with Gasteiger partial charge in [0.1, 0.15) is 6.17 Å². The Morgan fingerprint density at radius 2 is 0.585 bits per heavy atom. The molecule has 0 bridgehead atoms. The second kappa shape index (κ2) is 30.8. The van der Waals surface area contributed by atoms with Crippen molar-refractivity contribution < 1.29 is 0 Å². The van der Waals surface area contributed by atoms with Crippen molar-refractivity contribution in [3.8, 4) is 0 Å². The van der Waals surface area contributed by atoms with Gasteiger partial charge in [-0.1, -0.05) is 194 Å². The summed E-state index contributed by atoms with van der Waals surface area (Å²) < 4.78 is 0. The summed E-state index contributed by atoms with van der Waals surface area (Å²) >= 11 is 0. The Hall–Kier alpha value is -0.660. The van der Waals surface area contributed by atoms with Crippen molar-refractivity contribution in [3.05, 3.63) is 12.4 Å². The summed E-state index contributed by atoms with van der Waals surface area (Å²) in [7, 11) is 0. The van der Waals surface area contributed by atoms with Gasteiger partial charge in [0.25, 0.3) is 0 Å². The van der Waals surface area contributed by atoms with E-state index in [0.29, 0.717) is 6.17 Å². The van der Waals surface area contributed by atoms with Crippen molar-refractivity contribution in [1.29, 1.82) is 0 Å². The van der Waals surface area contributed by atoms with E-state index in [1.54, 1.807) is 0 Å². The maximum Gasteiger partial charge on any atom is 0.101 e. The predicted octanol–water partition coefficient (Wildman–Crippen LogP) is 13.6. The van der Waals surface area contributed by atoms with Crippen molar-refractivity contribution in [2.24, 2.45) is 0 Å². The molecule has 1 atom stereocenters. The molecule has 0 saturated heterocycles. The van der Waals surface area contributed by atoms with Crippen molar-refractivity contribution in [2.75, 3.05) is 13.1 Å². The Morgan fingerprint density at radius 3 is 0.927 bits per heavy atom. The Labute approximate surface area is 260 Å². The first-order chi connectivity index (χ1) is 20.3. The Morgan fingerprint density at radius 1 is 0.317 bits per heavy atom. The lowest BCUT2D eigenvalue weighted by Crippen LogP contribution is -2.39. The fourth-order valence-corrected chi connectivity index (χ4v) is 6.69. The maximum atomic E-state index is 2.69. The molecule has 0 amide bonds. The van der Waals surface area contributed by atoms with E-state index >= 15 is 0 Å². The third kappa shape index (κ3) is 23.5. The topological polar surface area (TPSA) is 6.48 Å². The quantitative estimate of drug-likeness (QED) is 0.0719. The van der Waals surface area contributed by atoms with Gasteiger partial charge in [-0.05, 0) is 25.7 Å². The number of unbranched alkanes of at least 4 members (excludes halogenated alkanes) is 27. The van der Waals surface area contributed by atoms with Crippen molar-refractivity contribution in [1.82, 2.24) is 9.80 Å². The molecule has 1 rings (SSSR count). The van der Waals surface area contributed by atoms with Crippen LogP contribution in [0.4, 0.5) is 0 Å². The van der Waals surface area contributed by atoms with Crippen molar-refractivity contribution in [2.45, 2.75) is 226 Å². The standard InChI is InChI=1S/C39H78N2/c1-4-7-10-12-14-16-18-19-20-21-22-23-25-27-29-31-33-36-41-38-37-40(35-9-6-3)39(41)34-32-30-28-26-24-17-15-13-11-8-5-2/h37-39H,4-36H2,1-3H3. The summed E-state index contributed by atoms with van der Waals surface area (Å²) in [6, 6.07) is 0. The first-order valence-corrected chi connectivity index (χ1v) is 19.5. The van der Waals surface area contributed by atoms with Gasteiger partial charge in [-0.25, -0.2) is 0 Å². The minimum atomic E-state index is 0.640. The zero-order valence-corrected chi connectivity index (χ0v) is 29.0. The molecule has 0 N–H and O–H groups in total. The first kappa shape index (κ1) is 38.4. The van der Waals surface area contributed by atoms with E-state index in [1.807, 2.05) is 0 Å². The van der Waals surface area contributed by atoms with E-state index in [0.717, 1.165) is 0 Å². The summed E-state index contributed by atoms with van der Waals surface area (Å²) in [6.45, 7) is 9.45. The molecule has 2 nitrogen and oxygen atoms in total. The van der Waals surface area contributed by atoms with Crippen LogP contribution in [-0.2, 0) is 0 Å². The van der Waals surface area contributed by atoms with Crippen molar-refractivity contribution in [3.63, 3.8) is 0 Å². The number of nitrogens with zero attached hydrogens (tertiary/aromatic N) is 2. The molecule has 1 heterocycles. The lowest BCUT2D eigenvalue weighted by Gasteiger charge is -2.33. The molecule has 244 valence electrons. The van der Waals surface area contributed by atoms with Gasteiger partial charge in [0, 0.05) is 25.5 Å². The second-order valence-corrected chi connectivity index (χ2v) is 13.6. The summed E-state index contributed by atoms with van der Waals surface area (Å²) in [5.41, 5.74) is 0. The number of hydrogen-bond donors (Lipinski definition) is 0. The lowest BCUT2D eigenvalue weighted by atomic mass is 10.0. The van der Waals surface area contributed by atoms with E-state index in [1.165, 1.54) is 212 Å². The molecular formula is C39H78N2. The maximum absolute atomic E-state index is 2.69. The van der Waals surface area contributed by atoms with Gasteiger partial charge < -0.3 is 9.80 Å². The largest absolute Gasteiger partial charge is 0.356 e. The predicted molar refractivity (Wildman–Crippen MR) is 186 cm³/mol. The van der Waals surface area contributed by atoms with Crippen LogP contribution >= 0.6 is 0 Å². The number of rotatable bonds is 33. The average Bonchev–Trinajstić information content (AvgIpc) is 3.37. The average molecular weight is 575 g/mol. The van der Waals surface area contributed by atoms with Gasteiger partial charge in [-0.15, -0.1) is 0 Å². The molecule has 0 aromatic carbocycles. The first-order valence-electron chi connectivity index (χ1n) is 19.5. The number of hydrogen-bond acceptors (Lipinski definition) is 2. The molecule has 0 radical (unpaired) electrons. The van der Waals surface area contributed by atoms with E-state index < -0.39 is 0 Å². The molecule has 0 aromatic heterocycles. The molecule has 2 heteroatoms. The van der Waals surface area contributed by atoms with Gasteiger partial charge in [0.2, 0.25) is 0 Å². The zero-order valence-electron chi connectivity index (χ0n) is 29.0. The molecule has 41 heavy (non-hydrogen) atoms. The molecule has 0 aromatic rings. The van der Waals surface area contributed by atoms with E-state index in [4.69, 9.17) is 0 Å². The highest BCUT2D eigenvalue weighted by Crippen LogP contribution is 2.24. The highest BCUT2D eigenvalue weighted by molar-refractivity contribution is 4.96. The van der Waals surface area contributed by atoms with Crippen LogP contribution in [0.15, 0.2) is 12.4 Å². The second-order valence-electron chi connectivity index (χ2n) is 13.6. The van der Waals surface area contributed by atoms with Crippen LogP contribution in [-0.4, -0.2) is 29.1 Å². The molecule has 1 aliphatic rings. The van der Waals surface area contributed by atoms with Gasteiger partial charge in [-0.2, -0.15) is 0 Å². The van der Waals surface area contributed by atoms with Crippen LogP contribution in [0.3, 0.4) is 0 Å². The normalized spacial score (nSPS) is 15.0. The fraction of sp³-hybridized carbons (Fsp3) is 0.949. The highest BCUT2D eigenvalue weighted by atomic mass is 15.4. The minimum absolute atomic E-state index is 0.640. The summed E-state index contributed by atoms with van der Waals surface area (Å²) in [6.07, 6.45) is 50.0. The summed E-state index contributed by atoms with van der Waals surface area (Å²) in [4.78, 5) is 5.35. The smallest absolute Gasteiger partial charge is 0.101 e. The van der Waals surface area contributed by atoms with Crippen LogP contribution < -0.4 is 0 Å². The van der Waals surface area contributed by atoms with Crippen LogP contribution in [0.25, 0.3) is 0 Å². The lowest BCUT2D eigenvalue weighted by molar-refractivity contribution is 0.136. The molecular weight excluding hydrogens is 496 g/mol. The molecule has 0 saturated carbocycles. The van der Waals surface area contributed by atoms with Crippen LogP contribution in [0.2, 0.25) is 0 Å². The van der Waals surface area contributed by atoms with Gasteiger partial charge in [0.05, 0.1) is 0 Å². The highest BCUT2D eigenvalue weighted by Gasteiger charge is 2.24. The molecule has 0 aliphatic carbocycles. The van der Waals surface area contributed by atoms with Crippen LogP contribution in [0.5, 0.6) is 0 Å². The van der Waals surface area contributed by atoms with E-state index in [2.05, 4.69) is 43.0 Å². The van der Waals surface area contributed by atoms with Gasteiger partial charge >= 0.3 is 0 Å². The van der Waals surface area contributed by atoms with Gasteiger partial charge in [-0.3, -0.25) is 0 Å².